The number of hydrogen-bond donors (Lipinski definition) is 1. The Labute approximate surface area is 138 Å². The number of likely N-dealkylation sites (tertiary alicyclic amines) is 1. The molecule has 2 aromatic heterocycles. The monoisotopic (exact) mass is 329 g/mol. The van der Waals surface area contributed by atoms with E-state index in [1.165, 1.54) is 0 Å². The molecule has 0 bridgehead atoms. The van der Waals surface area contributed by atoms with Gasteiger partial charge in [-0.3, -0.25) is 9.59 Å². The van der Waals surface area contributed by atoms with Crippen LogP contribution in [0.25, 0.3) is 5.78 Å². The van der Waals surface area contributed by atoms with Crippen LogP contribution >= 0.6 is 0 Å². The summed E-state index contributed by atoms with van der Waals surface area (Å²) < 4.78 is 1.55. The fourth-order valence-electron chi connectivity index (χ4n) is 4.19. The van der Waals surface area contributed by atoms with E-state index in [1.807, 2.05) is 19.9 Å². The number of aromatic nitrogens is 4. The van der Waals surface area contributed by atoms with Crippen molar-refractivity contribution in [1.82, 2.24) is 24.5 Å². The molecule has 2 aliphatic rings. The van der Waals surface area contributed by atoms with Crippen molar-refractivity contribution in [2.24, 2.45) is 11.3 Å². The number of carboxylic acid groups (broad SMARTS) is 1. The fraction of sp³-hybridized carbons (Fsp3) is 0.562. The number of nitrogens with zero attached hydrogens (tertiary/aromatic N) is 5. The standard InChI is InChI=1S/C16H19N5O3/c1-9-6-10(2)21-15(17-9)18-12(19-21)13(22)20-7-11-4-3-5-16(11,8-20)14(23)24/h6,11H,3-5,7-8H2,1-2H3,(H,23,24)/t11-,16+/m0/s1. The van der Waals surface area contributed by atoms with Crippen LogP contribution in [0.3, 0.4) is 0 Å². The molecule has 8 nitrogen and oxygen atoms in total. The molecule has 1 N–H and O–H groups in total. The van der Waals surface area contributed by atoms with Crippen molar-refractivity contribution in [3.63, 3.8) is 0 Å². The first-order chi connectivity index (χ1) is 11.4. The van der Waals surface area contributed by atoms with E-state index in [9.17, 15) is 14.7 Å². The van der Waals surface area contributed by atoms with Crippen molar-refractivity contribution in [2.75, 3.05) is 13.1 Å². The average molecular weight is 329 g/mol. The number of carboxylic acids is 1. The van der Waals surface area contributed by atoms with E-state index in [0.717, 1.165) is 24.2 Å². The molecule has 3 heterocycles. The largest absolute Gasteiger partial charge is 0.481 e. The number of hydrogen-bond acceptors (Lipinski definition) is 5. The third-order valence-electron chi connectivity index (χ3n) is 5.39. The first-order valence-corrected chi connectivity index (χ1v) is 8.14. The lowest BCUT2D eigenvalue weighted by Crippen LogP contribution is -2.37. The van der Waals surface area contributed by atoms with Crippen molar-refractivity contribution in [2.45, 2.75) is 33.1 Å². The van der Waals surface area contributed by atoms with E-state index in [1.54, 1.807) is 9.42 Å². The summed E-state index contributed by atoms with van der Waals surface area (Å²) in [5.41, 5.74) is 0.871. The third-order valence-corrected chi connectivity index (χ3v) is 5.39. The van der Waals surface area contributed by atoms with E-state index < -0.39 is 11.4 Å². The van der Waals surface area contributed by atoms with Crippen molar-refractivity contribution in [3.05, 3.63) is 23.3 Å². The minimum absolute atomic E-state index is 0.0260. The summed E-state index contributed by atoms with van der Waals surface area (Å²) >= 11 is 0. The topological polar surface area (TPSA) is 101 Å². The van der Waals surface area contributed by atoms with Gasteiger partial charge in [0.25, 0.3) is 11.7 Å². The normalized spacial score (nSPS) is 26.1. The zero-order valence-electron chi connectivity index (χ0n) is 13.7. The van der Waals surface area contributed by atoms with Gasteiger partial charge >= 0.3 is 5.97 Å². The van der Waals surface area contributed by atoms with Crippen molar-refractivity contribution in [3.8, 4) is 0 Å². The van der Waals surface area contributed by atoms with Crippen LogP contribution < -0.4 is 0 Å². The zero-order valence-corrected chi connectivity index (χ0v) is 13.7. The first kappa shape index (κ1) is 15.0. The van der Waals surface area contributed by atoms with Crippen molar-refractivity contribution in [1.29, 1.82) is 0 Å². The Morgan fingerprint density at radius 1 is 1.33 bits per heavy atom. The second-order valence-electron chi connectivity index (χ2n) is 6.92. The van der Waals surface area contributed by atoms with Gasteiger partial charge in [0.05, 0.1) is 5.41 Å². The highest BCUT2D eigenvalue weighted by molar-refractivity contribution is 5.92. The van der Waals surface area contributed by atoms with Gasteiger partial charge in [-0.1, -0.05) is 6.42 Å². The number of fused-ring (bicyclic) bond motifs is 2. The fourth-order valence-corrected chi connectivity index (χ4v) is 4.19. The summed E-state index contributed by atoms with van der Waals surface area (Å²) in [5, 5.41) is 13.9. The molecular weight excluding hydrogens is 310 g/mol. The van der Waals surface area contributed by atoms with Gasteiger partial charge in [0, 0.05) is 24.5 Å². The smallest absolute Gasteiger partial charge is 0.311 e. The Morgan fingerprint density at radius 2 is 2.12 bits per heavy atom. The summed E-state index contributed by atoms with van der Waals surface area (Å²) in [6, 6.07) is 1.87. The van der Waals surface area contributed by atoms with E-state index in [2.05, 4.69) is 15.1 Å². The quantitative estimate of drug-likeness (QED) is 0.884. The predicted octanol–water partition coefficient (Wildman–Crippen LogP) is 1.07. The van der Waals surface area contributed by atoms with Crippen LogP contribution in [0, 0.1) is 25.2 Å². The van der Waals surface area contributed by atoms with Gasteiger partial charge in [-0.05, 0) is 38.7 Å². The molecule has 1 aliphatic carbocycles. The maximum Gasteiger partial charge on any atom is 0.311 e. The average Bonchev–Trinajstić information content (AvgIpc) is 3.17. The molecule has 1 saturated carbocycles. The van der Waals surface area contributed by atoms with Gasteiger partial charge in [0.15, 0.2) is 0 Å². The molecule has 0 radical (unpaired) electrons. The molecule has 1 amide bonds. The Hall–Kier alpha value is -2.51. The van der Waals surface area contributed by atoms with Crippen LogP contribution in [0.4, 0.5) is 0 Å². The molecule has 4 rings (SSSR count). The van der Waals surface area contributed by atoms with Crippen LogP contribution in [0.2, 0.25) is 0 Å². The third kappa shape index (κ3) is 2.02. The van der Waals surface area contributed by atoms with Crippen LogP contribution in [0.1, 0.15) is 41.3 Å². The number of amides is 1. The summed E-state index contributed by atoms with van der Waals surface area (Å²) in [7, 11) is 0. The molecule has 1 aliphatic heterocycles. The van der Waals surface area contributed by atoms with Crippen molar-refractivity contribution < 1.29 is 14.7 Å². The molecule has 24 heavy (non-hydrogen) atoms. The summed E-state index contributed by atoms with van der Waals surface area (Å²) in [6.07, 6.45) is 2.40. The number of aliphatic carboxylic acids is 1. The molecule has 2 aromatic rings. The lowest BCUT2D eigenvalue weighted by atomic mass is 9.81. The highest BCUT2D eigenvalue weighted by atomic mass is 16.4. The minimum atomic E-state index is -0.795. The highest BCUT2D eigenvalue weighted by Crippen LogP contribution is 2.49. The van der Waals surface area contributed by atoms with Gasteiger partial charge in [-0.25, -0.2) is 9.50 Å². The van der Waals surface area contributed by atoms with Gasteiger partial charge in [-0.2, -0.15) is 4.98 Å². The second-order valence-corrected chi connectivity index (χ2v) is 6.92. The molecule has 0 aromatic carbocycles. The van der Waals surface area contributed by atoms with Crippen molar-refractivity contribution >= 4 is 17.7 Å². The first-order valence-electron chi connectivity index (χ1n) is 8.14. The van der Waals surface area contributed by atoms with Gasteiger partial charge in [0.2, 0.25) is 5.82 Å². The molecule has 8 heteroatoms. The van der Waals surface area contributed by atoms with Gasteiger partial charge in [-0.15, -0.1) is 5.10 Å². The number of carbonyl (C=O) groups is 2. The Bertz CT molecular complexity index is 861. The molecule has 1 saturated heterocycles. The molecular formula is C16H19N5O3. The number of aryl methyl sites for hydroxylation is 2. The number of carbonyl (C=O) groups excluding carboxylic acids is 1. The summed E-state index contributed by atoms with van der Waals surface area (Å²) in [4.78, 5) is 34.6. The highest BCUT2D eigenvalue weighted by Gasteiger charge is 2.56. The molecule has 0 unspecified atom stereocenters. The van der Waals surface area contributed by atoms with Crippen LogP contribution in [0.5, 0.6) is 0 Å². The summed E-state index contributed by atoms with van der Waals surface area (Å²) in [6.45, 7) is 4.45. The van der Waals surface area contributed by atoms with Gasteiger partial charge in [0.1, 0.15) is 0 Å². The molecule has 126 valence electrons. The molecule has 2 atom stereocenters. The lowest BCUT2D eigenvalue weighted by molar-refractivity contribution is -0.149. The van der Waals surface area contributed by atoms with E-state index in [4.69, 9.17) is 0 Å². The summed E-state index contributed by atoms with van der Waals surface area (Å²) in [5.74, 6) is -0.609. The molecule has 0 spiro atoms. The Morgan fingerprint density at radius 3 is 2.83 bits per heavy atom. The minimum Gasteiger partial charge on any atom is -0.481 e. The SMILES string of the molecule is Cc1cc(C)n2nc(C(=O)N3C[C@@H]4CCC[C@@]4(C(=O)O)C3)nc2n1. The van der Waals surface area contributed by atoms with Crippen LogP contribution in [-0.2, 0) is 4.79 Å². The van der Waals surface area contributed by atoms with Crippen LogP contribution in [0.15, 0.2) is 6.07 Å². The van der Waals surface area contributed by atoms with E-state index in [0.29, 0.717) is 18.7 Å². The van der Waals surface area contributed by atoms with Crippen LogP contribution in [-0.4, -0.2) is 54.6 Å². The lowest BCUT2D eigenvalue weighted by Gasteiger charge is -2.22. The zero-order chi connectivity index (χ0) is 17.1. The van der Waals surface area contributed by atoms with Gasteiger partial charge < -0.3 is 10.0 Å². The second kappa shape index (κ2) is 4.99. The Balaban J connectivity index is 1.65. The maximum atomic E-state index is 12.8. The number of rotatable bonds is 2. The maximum absolute atomic E-state index is 12.8. The van der Waals surface area contributed by atoms with E-state index >= 15 is 0 Å². The van der Waals surface area contributed by atoms with E-state index in [-0.39, 0.29) is 24.2 Å². The predicted molar refractivity (Wildman–Crippen MR) is 83.6 cm³/mol. The molecule has 2 fully saturated rings. The Kier molecular flexibility index (Phi) is 3.13.